The highest BCUT2D eigenvalue weighted by atomic mass is 16.5. The first-order valence-corrected chi connectivity index (χ1v) is 7.62. The molecule has 1 aliphatic heterocycles. The smallest absolute Gasteiger partial charge is 0.261 e. The van der Waals surface area contributed by atoms with Crippen molar-refractivity contribution in [3.63, 3.8) is 0 Å². The molecule has 2 aromatic heterocycles. The number of rotatable bonds is 3. The summed E-state index contributed by atoms with van der Waals surface area (Å²) in [5.74, 6) is 2.07. The molecule has 0 bridgehead atoms. The first-order chi connectivity index (χ1) is 11.3. The predicted molar refractivity (Wildman–Crippen MR) is 83.7 cm³/mol. The molecule has 3 heterocycles. The normalized spacial score (nSPS) is 17.5. The molecule has 0 saturated carbocycles. The lowest BCUT2D eigenvalue weighted by Crippen LogP contribution is -2.00. The van der Waals surface area contributed by atoms with Crippen LogP contribution in [0.25, 0.3) is 22.8 Å². The summed E-state index contributed by atoms with van der Waals surface area (Å²) in [4.78, 5) is 13.5. The van der Waals surface area contributed by atoms with Gasteiger partial charge >= 0.3 is 0 Å². The third-order valence-electron chi connectivity index (χ3n) is 3.98. The van der Waals surface area contributed by atoms with Crippen LogP contribution in [0.3, 0.4) is 0 Å². The SMILES string of the molecule is Cc1nc(-c2ccccc2)ncc1-c1nc(C2CCOC2)no1. The van der Waals surface area contributed by atoms with Crippen molar-refractivity contribution in [2.45, 2.75) is 19.3 Å². The Morgan fingerprint density at radius 3 is 2.74 bits per heavy atom. The van der Waals surface area contributed by atoms with Gasteiger partial charge in [-0.05, 0) is 13.3 Å². The molecule has 0 amide bonds. The minimum atomic E-state index is 0.220. The van der Waals surface area contributed by atoms with Crippen molar-refractivity contribution in [1.82, 2.24) is 20.1 Å². The van der Waals surface area contributed by atoms with E-state index >= 15 is 0 Å². The van der Waals surface area contributed by atoms with Crippen molar-refractivity contribution >= 4 is 0 Å². The summed E-state index contributed by atoms with van der Waals surface area (Å²) >= 11 is 0. The van der Waals surface area contributed by atoms with Crippen molar-refractivity contribution in [2.75, 3.05) is 13.2 Å². The summed E-state index contributed by atoms with van der Waals surface area (Å²) in [7, 11) is 0. The van der Waals surface area contributed by atoms with Crippen molar-refractivity contribution < 1.29 is 9.26 Å². The van der Waals surface area contributed by atoms with Crippen molar-refractivity contribution in [2.24, 2.45) is 0 Å². The number of hydrogen-bond donors (Lipinski definition) is 0. The van der Waals surface area contributed by atoms with E-state index in [9.17, 15) is 0 Å². The van der Waals surface area contributed by atoms with Crippen LogP contribution in [0.2, 0.25) is 0 Å². The number of aryl methyl sites for hydroxylation is 1. The van der Waals surface area contributed by atoms with Gasteiger partial charge in [0.2, 0.25) is 0 Å². The Morgan fingerprint density at radius 2 is 2.00 bits per heavy atom. The molecule has 1 saturated heterocycles. The second-order valence-corrected chi connectivity index (χ2v) is 5.58. The van der Waals surface area contributed by atoms with E-state index in [4.69, 9.17) is 9.26 Å². The Balaban J connectivity index is 1.64. The molecule has 3 aromatic rings. The van der Waals surface area contributed by atoms with Gasteiger partial charge in [-0.3, -0.25) is 0 Å². The lowest BCUT2D eigenvalue weighted by molar-refractivity contribution is 0.192. The summed E-state index contributed by atoms with van der Waals surface area (Å²) in [5.41, 5.74) is 2.57. The quantitative estimate of drug-likeness (QED) is 0.740. The zero-order valence-electron chi connectivity index (χ0n) is 12.8. The van der Waals surface area contributed by atoms with E-state index in [0.29, 0.717) is 24.1 Å². The second-order valence-electron chi connectivity index (χ2n) is 5.58. The van der Waals surface area contributed by atoms with E-state index in [0.717, 1.165) is 29.8 Å². The molecule has 4 rings (SSSR count). The monoisotopic (exact) mass is 308 g/mol. The molecule has 6 heteroatoms. The fourth-order valence-electron chi connectivity index (χ4n) is 2.65. The number of nitrogens with zero attached hydrogens (tertiary/aromatic N) is 4. The largest absolute Gasteiger partial charge is 0.381 e. The summed E-state index contributed by atoms with van der Waals surface area (Å²) in [6, 6.07) is 9.88. The van der Waals surface area contributed by atoms with Gasteiger partial charge in [0.05, 0.1) is 17.9 Å². The van der Waals surface area contributed by atoms with Gasteiger partial charge in [-0.1, -0.05) is 35.5 Å². The molecular weight excluding hydrogens is 292 g/mol. The van der Waals surface area contributed by atoms with Crippen LogP contribution in [0.1, 0.15) is 23.9 Å². The minimum absolute atomic E-state index is 0.220. The van der Waals surface area contributed by atoms with Gasteiger partial charge in [0.15, 0.2) is 11.6 Å². The van der Waals surface area contributed by atoms with Crippen molar-refractivity contribution in [1.29, 1.82) is 0 Å². The molecule has 1 atom stereocenters. The third kappa shape index (κ3) is 2.73. The Hall–Kier alpha value is -2.60. The van der Waals surface area contributed by atoms with Gasteiger partial charge < -0.3 is 9.26 Å². The van der Waals surface area contributed by atoms with Crippen LogP contribution in [0.15, 0.2) is 41.1 Å². The van der Waals surface area contributed by atoms with Gasteiger partial charge in [-0.2, -0.15) is 4.98 Å². The molecule has 1 aromatic carbocycles. The fourth-order valence-corrected chi connectivity index (χ4v) is 2.65. The summed E-state index contributed by atoms with van der Waals surface area (Å²) in [6.45, 7) is 3.33. The van der Waals surface area contributed by atoms with E-state index in [1.165, 1.54) is 0 Å². The molecule has 0 spiro atoms. The van der Waals surface area contributed by atoms with Crippen LogP contribution >= 0.6 is 0 Å². The number of benzene rings is 1. The first kappa shape index (κ1) is 14.0. The Morgan fingerprint density at radius 1 is 1.13 bits per heavy atom. The number of aromatic nitrogens is 4. The lowest BCUT2D eigenvalue weighted by Gasteiger charge is -2.04. The van der Waals surface area contributed by atoms with E-state index in [1.807, 2.05) is 37.3 Å². The minimum Gasteiger partial charge on any atom is -0.381 e. The van der Waals surface area contributed by atoms with Crippen LogP contribution in [-0.4, -0.2) is 33.3 Å². The summed E-state index contributed by atoms with van der Waals surface area (Å²) < 4.78 is 10.8. The second kappa shape index (κ2) is 5.89. The molecule has 1 unspecified atom stereocenters. The maximum atomic E-state index is 5.39. The topological polar surface area (TPSA) is 73.9 Å². The van der Waals surface area contributed by atoms with Crippen LogP contribution in [0.5, 0.6) is 0 Å². The average Bonchev–Trinajstić information content (AvgIpc) is 3.27. The third-order valence-corrected chi connectivity index (χ3v) is 3.98. The van der Waals surface area contributed by atoms with Crippen LogP contribution < -0.4 is 0 Å². The van der Waals surface area contributed by atoms with Crippen LogP contribution in [0, 0.1) is 6.92 Å². The zero-order valence-corrected chi connectivity index (χ0v) is 12.8. The van der Waals surface area contributed by atoms with E-state index in [-0.39, 0.29) is 5.92 Å². The Kier molecular flexibility index (Phi) is 3.59. The first-order valence-electron chi connectivity index (χ1n) is 7.62. The predicted octanol–water partition coefficient (Wildman–Crippen LogP) is 3.01. The van der Waals surface area contributed by atoms with Crippen LogP contribution in [-0.2, 0) is 4.74 Å². The average molecular weight is 308 g/mol. The summed E-state index contributed by atoms with van der Waals surface area (Å²) in [5, 5.41) is 4.07. The maximum Gasteiger partial charge on any atom is 0.261 e. The van der Waals surface area contributed by atoms with Crippen molar-refractivity contribution in [3.05, 3.63) is 48.0 Å². The van der Waals surface area contributed by atoms with Crippen molar-refractivity contribution in [3.8, 4) is 22.8 Å². The Bertz CT molecular complexity index is 810. The van der Waals surface area contributed by atoms with E-state index in [2.05, 4.69) is 20.1 Å². The molecular formula is C17H16N4O2. The highest BCUT2D eigenvalue weighted by Crippen LogP contribution is 2.27. The molecule has 0 radical (unpaired) electrons. The van der Waals surface area contributed by atoms with E-state index < -0.39 is 0 Å². The Labute approximate surface area is 133 Å². The fraction of sp³-hybridized carbons (Fsp3) is 0.294. The molecule has 0 aliphatic carbocycles. The van der Waals surface area contributed by atoms with Gasteiger partial charge in [-0.25, -0.2) is 9.97 Å². The molecule has 0 N–H and O–H groups in total. The molecule has 6 nitrogen and oxygen atoms in total. The lowest BCUT2D eigenvalue weighted by atomic mass is 10.1. The van der Waals surface area contributed by atoms with E-state index in [1.54, 1.807) is 6.20 Å². The van der Waals surface area contributed by atoms with Gasteiger partial charge in [-0.15, -0.1) is 0 Å². The van der Waals surface area contributed by atoms with Gasteiger partial charge in [0.1, 0.15) is 0 Å². The molecule has 116 valence electrons. The highest BCUT2D eigenvalue weighted by molar-refractivity contribution is 5.60. The number of hydrogen-bond acceptors (Lipinski definition) is 6. The van der Waals surface area contributed by atoms with Gasteiger partial charge in [0.25, 0.3) is 5.89 Å². The number of ether oxygens (including phenoxy) is 1. The maximum absolute atomic E-state index is 5.39. The highest BCUT2D eigenvalue weighted by Gasteiger charge is 2.24. The zero-order chi connectivity index (χ0) is 15.6. The molecule has 1 aliphatic rings. The van der Waals surface area contributed by atoms with Crippen LogP contribution in [0.4, 0.5) is 0 Å². The standard InChI is InChI=1S/C17H16N4O2/c1-11-14(9-18-15(19-11)12-5-3-2-4-6-12)17-20-16(21-23-17)13-7-8-22-10-13/h2-6,9,13H,7-8,10H2,1H3. The van der Waals surface area contributed by atoms with Gasteiger partial charge in [0, 0.05) is 24.3 Å². The summed E-state index contributed by atoms with van der Waals surface area (Å²) in [6.07, 6.45) is 2.68. The molecule has 23 heavy (non-hydrogen) atoms. The molecule has 1 fully saturated rings.